The summed E-state index contributed by atoms with van der Waals surface area (Å²) in [5.74, 6) is 0.608. The van der Waals surface area contributed by atoms with Crippen molar-refractivity contribution in [2.45, 2.75) is 0 Å². The molecule has 0 unspecified atom stereocenters. The van der Waals surface area contributed by atoms with Crippen LogP contribution in [0.4, 0.5) is 17.3 Å². The number of nitrogens with zero attached hydrogens (tertiary/aromatic N) is 3. The summed E-state index contributed by atoms with van der Waals surface area (Å²) >= 11 is 0. The van der Waals surface area contributed by atoms with E-state index in [0.717, 1.165) is 60.9 Å². The Labute approximate surface area is 253 Å². The molecule has 9 rings (SSSR count). The second-order valence-electron chi connectivity index (χ2n) is 11.1. The van der Waals surface area contributed by atoms with Crippen LogP contribution in [0.3, 0.4) is 0 Å². The van der Waals surface area contributed by atoms with Crippen LogP contribution in [0, 0.1) is 0 Å². The van der Waals surface area contributed by atoms with Crippen molar-refractivity contribution in [2.24, 2.45) is 0 Å². The Balaban J connectivity index is 1.26. The Morgan fingerprint density at radius 2 is 1.11 bits per heavy atom. The number of fused-ring (bicyclic) bond motifs is 6. The normalized spacial score (nSPS) is 11.6. The van der Waals surface area contributed by atoms with Gasteiger partial charge in [0.05, 0.1) is 11.2 Å². The molecule has 0 amide bonds. The maximum absolute atomic E-state index is 6.44. The summed E-state index contributed by atoms with van der Waals surface area (Å²) in [4.78, 5) is 12.5. The van der Waals surface area contributed by atoms with E-state index in [4.69, 9.17) is 14.4 Å². The average Bonchev–Trinajstić information content (AvgIpc) is 3.44. The van der Waals surface area contributed by atoms with E-state index in [1.165, 1.54) is 16.2 Å². The van der Waals surface area contributed by atoms with Gasteiger partial charge in [-0.25, -0.2) is 9.97 Å². The van der Waals surface area contributed by atoms with Crippen LogP contribution in [0.1, 0.15) is 0 Å². The molecule has 0 aliphatic rings. The number of hydrogen-bond acceptors (Lipinski definition) is 4. The number of hydrogen-bond donors (Lipinski definition) is 0. The molecule has 4 nitrogen and oxygen atoms in total. The zero-order valence-electron chi connectivity index (χ0n) is 23.7. The Morgan fingerprint density at radius 3 is 1.95 bits per heavy atom. The molecule has 0 atom stereocenters. The van der Waals surface area contributed by atoms with Gasteiger partial charge in [0, 0.05) is 33.1 Å². The first-order valence-corrected chi connectivity index (χ1v) is 14.7. The minimum atomic E-state index is 0.608. The summed E-state index contributed by atoms with van der Waals surface area (Å²) in [6.07, 6.45) is 0. The lowest BCUT2D eigenvalue weighted by atomic mass is 10.0. The average molecular weight is 564 g/mol. The summed E-state index contributed by atoms with van der Waals surface area (Å²) in [5.41, 5.74) is 6.43. The van der Waals surface area contributed by atoms with Crippen LogP contribution in [-0.2, 0) is 0 Å². The van der Waals surface area contributed by atoms with E-state index in [1.54, 1.807) is 0 Å². The van der Waals surface area contributed by atoms with Gasteiger partial charge < -0.3 is 4.42 Å². The van der Waals surface area contributed by atoms with Gasteiger partial charge in [0.2, 0.25) is 5.95 Å². The summed E-state index contributed by atoms with van der Waals surface area (Å²) in [5, 5.41) is 7.92. The van der Waals surface area contributed by atoms with Gasteiger partial charge in [0.15, 0.2) is 0 Å². The highest BCUT2D eigenvalue weighted by Gasteiger charge is 2.20. The van der Waals surface area contributed by atoms with Crippen LogP contribution in [0.25, 0.3) is 65.6 Å². The molecular weight excluding hydrogens is 538 g/mol. The number of rotatable bonds is 4. The van der Waals surface area contributed by atoms with Crippen LogP contribution < -0.4 is 4.90 Å². The summed E-state index contributed by atoms with van der Waals surface area (Å²) in [6, 6.07) is 52.6. The number of para-hydroxylation sites is 2. The largest absolute Gasteiger partial charge is 0.456 e. The molecule has 206 valence electrons. The lowest BCUT2D eigenvalue weighted by Crippen LogP contribution is -2.14. The first-order valence-electron chi connectivity index (χ1n) is 14.7. The van der Waals surface area contributed by atoms with Crippen molar-refractivity contribution < 1.29 is 4.42 Å². The van der Waals surface area contributed by atoms with Gasteiger partial charge in [-0.05, 0) is 76.1 Å². The molecule has 0 saturated heterocycles. The van der Waals surface area contributed by atoms with E-state index in [0.29, 0.717) is 5.95 Å². The van der Waals surface area contributed by atoms with Crippen LogP contribution in [0.15, 0.2) is 156 Å². The monoisotopic (exact) mass is 563 g/mol. The van der Waals surface area contributed by atoms with Crippen molar-refractivity contribution in [3.05, 3.63) is 152 Å². The standard InChI is InChI=1S/C40H25N3O/c1-2-14-31(15-3-1)43(32-20-18-26-10-4-5-11-27(26)22-32)40-41-36-17-9-8-16-34(36)39(42-40)30-19-21-33-35-23-28-12-6-7-13-29(28)24-38(35)44-37(33)25-30/h1-25H. The first-order chi connectivity index (χ1) is 21.8. The predicted molar refractivity (Wildman–Crippen MR) is 182 cm³/mol. The maximum Gasteiger partial charge on any atom is 0.235 e. The number of anilines is 3. The third-order valence-corrected chi connectivity index (χ3v) is 8.41. The zero-order chi connectivity index (χ0) is 29.0. The third kappa shape index (κ3) is 4.00. The first kappa shape index (κ1) is 24.6. The molecule has 7 aromatic carbocycles. The number of aromatic nitrogens is 2. The molecule has 0 N–H and O–H groups in total. The molecule has 0 aliphatic heterocycles. The molecule has 0 bridgehead atoms. The van der Waals surface area contributed by atoms with Gasteiger partial charge in [-0.3, -0.25) is 4.90 Å². The Kier molecular flexibility index (Phi) is 5.47. The lowest BCUT2D eigenvalue weighted by molar-refractivity contribution is 0.669. The highest BCUT2D eigenvalue weighted by molar-refractivity contribution is 6.11. The Morgan fingerprint density at radius 1 is 0.432 bits per heavy atom. The SMILES string of the molecule is c1ccc(N(c2ccc3ccccc3c2)c2nc(-c3ccc4c(c3)oc3cc5ccccc5cc34)c3ccccc3n2)cc1. The van der Waals surface area contributed by atoms with E-state index in [2.05, 4.69) is 126 Å². The van der Waals surface area contributed by atoms with E-state index >= 15 is 0 Å². The Hall–Kier alpha value is -6.00. The lowest BCUT2D eigenvalue weighted by Gasteiger charge is -2.24. The van der Waals surface area contributed by atoms with Crippen molar-refractivity contribution >= 4 is 71.7 Å². The second kappa shape index (κ2) is 9.79. The van der Waals surface area contributed by atoms with Crippen molar-refractivity contribution in [3.63, 3.8) is 0 Å². The fraction of sp³-hybridized carbons (Fsp3) is 0. The minimum Gasteiger partial charge on any atom is -0.456 e. The van der Waals surface area contributed by atoms with E-state index < -0.39 is 0 Å². The van der Waals surface area contributed by atoms with Gasteiger partial charge in [-0.15, -0.1) is 0 Å². The highest BCUT2D eigenvalue weighted by atomic mass is 16.3. The molecule has 4 heteroatoms. The highest BCUT2D eigenvalue weighted by Crippen LogP contribution is 2.39. The molecule has 0 saturated carbocycles. The number of furan rings is 1. The topological polar surface area (TPSA) is 42.2 Å². The van der Waals surface area contributed by atoms with E-state index in [9.17, 15) is 0 Å². The van der Waals surface area contributed by atoms with Crippen molar-refractivity contribution in [1.82, 2.24) is 9.97 Å². The predicted octanol–water partition coefficient (Wildman–Crippen LogP) is 11.0. The fourth-order valence-corrected chi connectivity index (χ4v) is 6.27. The summed E-state index contributed by atoms with van der Waals surface area (Å²) < 4.78 is 6.44. The van der Waals surface area contributed by atoms with Gasteiger partial charge in [0.1, 0.15) is 11.2 Å². The summed E-state index contributed by atoms with van der Waals surface area (Å²) in [6.45, 7) is 0. The molecule has 9 aromatic rings. The molecule has 0 radical (unpaired) electrons. The van der Waals surface area contributed by atoms with Crippen molar-refractivity contribution in [1.29, 1.82) is 0 Å². The van der Waals surface area contributed by atoms with Gasteiger partial charge in [-0.2, -0.15) is 0 Å². The molecule has 0 fully saturated rings. The van der Waals surface area contributed by atoms with Crippen LogP contribution in [0.5, 0.6) is 0 Å². The van der Waals surface area contributed by atoms with Crippen molar-refractivity contribution in [3.8, 4) is 11.3 Å². The van der Waals surface area contributed by atoms with Crippen molar-refractivity contribution in [2.75, 3.05) is 4.90 Å². The fourth-order valence-electron chi connectivity index (χ4n) is 6.27. The molecule has 0 spiro atoms. The molecule has 2 heterocycles. The smallest absolute Gasteiger partial charge is 0.235 e. The van der Waals surface area contributed by atoms with E-state index in [1.807, 2.05) is 30.3 Å². The number of benzene rings is 7. The molecule has 44 heavy (non-hydrogen) atoms. The van der Waals surface area contributed by atoms with Crippen LogP contribution in [-0.4, -0.2) is 9.97 Å². The zero-order valence-corrected chi connectivity index (χ0v) is 23.7. The van der Waals surface area contributed by atoms with Crippen LogP contribution in [0.2, 0.25) is 0 Å². The molecule has 0 aliphatic carbocycles. The van der Waals surface area contributed by atoms with Gasteiger partial charge in [0.25, 0.3) is 0 Å². The minimum absolute atomic E-state index is 0.608. The van der Waals surface area contributed by atoms with Gasteiger partial charge in [-0.1, -0.05) is 97.1 Å². The van der Waals surface area contributed by atoms with E-state index in [-0.39, 0.29) is 0 Å². The quantitative estimate of drug-likeness (QED) is 0.214. The third-order valence-electron chi connectivity index (χ3n) is 8.41. The summed E-state index contributed by atoms with van der Waals surface area (Å²) in [7, 11) is 0. The second-order valence-corrected chi connectivity index (χ2v) is 11.1. The molecular formula is C40H25N3O. The molecule has 2 aromatic heterocycles. The van der Waals surface area contributed by atoms with Crippen LogP contribution >= 0.6 is 0 Å². The van der Waals surface area contributed by atoms with Gasteiger partial charge >= 0.3 is 0 Å². The Bertz CT molecular complexity index is 2520. The maximum atomic E-state index is 6.44.